The third-order valence-corrected chi connectivity index (χ3v) is 2.21. The van der Waals surface area contributed by atoms with E-state index in [0.29, 0.717) is 5.88 Å². The van der Waals surface area contributed by atoms with Crippen LogP contribution in [-0.2, 0) is 4.79 Å². The van der Waals surface area contributed by atoms with Crippen LogP contribution in [0.1, 0.15) is 18.0 Å². The Morgan fingerprint density at radius 1 is 1.85 bits per heavy atom. The third-order valence-electron chi connectivity index (χ3n) is 1.58. The van der Waals surface area contributed by atoms with Crippen molar-refractivity contribution >= 4 is 17.4 Å². The van der Waals surface area contributed by atoms with Gasteiger partial charge in [-0.1, -0.05) is 0 Å². The molecule has 0 bridgehead atoms. The molecule has 1 aromatic heterocycles. The Kier molecular flexibility index (Phi) is 3.21. The lowest BCUT2D eigenvalue weighted by atomic mass is 10.1. The van der Waals surface area contributed by atoms with E-state index in [1.54, 1.807) is 5.38 Å². The summed E-state index contributed by atoms with van der Waals surface area (Å²) >= 11 is 1.24. The zero-order valence-corrected chi connectivity index (χ0v) is 8.00. The highest BCUT2D eigenvalue weighted by molar-refractivity contribution is 7.03. The molecule has 0 aliphatic rings. The molecule has 13 heavy (non-hydrogen) atoms. The average molecular weight is 201 g/mol. The van der Waals surface area contributed by atoms with Crippen molar-refractivity contribution in [3.8, 4) is 5.88 Å². The number of methoxy groups -OCH3 is 1. The van der Waals surface area contributed by atoms with Crippen LogP contribution in [0.25, 0.3) is 0 Å². The van der Waals surface area contributed by atoms with Gasteiger partial charge in [0.05, 0.1) is 7.11 Å². The van der Waals surface area contributed by atoms with Crippen LogP contribution in [0.3, 0.4) is 0 Å². The highest BCUT2D eigenvalue weighted by Crippen LogP contribution is 2.25. The second-order valence-corrected chi connectivity index (χ2v) is 3.19. The van der Waals surface area contributed by atoms with Crippen LogP contribution in [0.15, 0.2) is 5.38 Å². The number of amides is 1. The number of hydrogen-bond donors (Lipinski definition) is 2. The number of primary amides is 1. The number of carbonyl (C=O) groups is 1. The summed E-state index contributed by atoms with van der Waals surface area (Å²) in [5.41, 5.74) is 11.4. The molecule has 4 N–H and O–H groups in total. The van der Waals surface area contributed by atoms with Crippen molar-refractivity contribution in [1.82, 2.24) is 4.37 Å². The fourth-order valence-corrected chi connectivity index (χ4v) is 1.68. The Hall–Kier alpha value is -1.14. The Labute approximate surface area is 79.8 Å². The van der Waals surface area contributed by atoms with E-state index < -0.39 is 11.9 Å². The topological polar surface area (TPSA) is 91.2 Å². The molecule has 1 amide bonds. The van der Waals surface area contributed by atoms with Gasteiger partial charge in [0, 0.05) is 23.4 Å². The van der Waals surface area contributed by atoms with E-state index in [2.05, 4.69) is 4.37 Å². The maximum atomic E-state index is 10.6. The van der Waals surface area contributed by atoms with Crippen molar-refractivity contribution in [2.45, 2.75) is 12.5 Å². The summed E-state index contributed by atoms with van der Waals surface area (Å²) in [7, 11) is 1.51. The van der Waals surface area contributed by atoms with E-state index in [4.69, 9.17) is 16.2 Å². The van der Waals surface area contributed by atoms with E-state index in [9.17, 15) is 4.79 Å². The molecule has 0 spiro atoms. The molecule has 0 saturated carbocycles. The molecule has 0 fully saturated rings. The summed E-state index contributed by atoms with van der Waals surface area (Å²) in [6, 6.07) is -0.425. The van der Waals surface area contributed by atoms with Gasteiger partial charge < -0.3 is 16.2 Å². The lowest BCUT2D eigenvalue weighted by molar-refractivity contribution is -0.118. The lowest BCUT2D eigenvalue weighted by Gasteiger charge is -2.07. The molecule has 0 aliphatic heterocycles. The molecule has 72 valence electrons. The molecular formula is C7H11N3O2S. The summed E-state index contributed by atoms with van der Waals surface area (Å²) < 4.78 is 8.91. The smallest absolute Gasteiger partial charge is 0.229 e. The van der Waals surface area contributed by atoms with Gasteiger partial charge in [0.25, 0.3) is 0 Å². The maximum Gasteiger partial charge on any atom is 0.229 e. The number of ether oxygens (including phenoxy) is 1. The van der Waals surface area contributed by atoms with E-state index in [0.717, 1.165) is 5.56 Å². The molecule has 1 atom stereocenters. The minimum Gasteiger partial charge on any atom is -0.480 e. The Morgan fingerprint density at radius 3 is 3.08 bits per heavy atom. The van der Waals surface area contributed by atoms with Crippen molar-refractivity contribution in [3.63, 3.8) is 0 Å². The highest BCUT2D eigenvalue weighted by Gasteiger charge is 2.16. The largest absolute Gasteiger partial charge is 0.480 e. The minimum atomic E-state index is -0.430. The van der Waals surface area contributed by atoms with Gasteiger partial charge in [0.15, 0.2) is 0 Å². The van der Waals surface area contributed by atoms with Crippen LogP contribution in [-0.4, -0.2) is 17.4 Å². The molecule has 1 rings (SSSR count). The monoisotopic (exact) mass is 201 g/mol. The highest BCUT2D eigenvalue weighted by atomic mass is 32.1. The van der Waals surface area contributed by atoms with Gasteiger partial charge >= 0.3 is 0 Å². The van der Waals surface area contributed by atoms with Gasteiger partial charge in [-0.2, -0.15) is 4.37 Å². The van der Waals surface area contributed by atoms with Crippen LogP contribution >= 0.6 is 11.5 Å². The van der Waals surface area contributed by atoms with Crippen molar-refractivity contribution in [2.75, 3.05) is 7.11 Å². The lowest BCUT2D eigenvalue weighted by Crippen LogP contribution is -2.20. The predicted octanol–water partition coefficient (Wildman–Crippen LogP) is 0.0269. The first kappa shape index (κ1) is 9.94. The molecule has 1 heterocycles. The fraction of sp³-hybridized carbons (Fsp3) is 0.429. The molecule has 1 aromatic rings. The maximum absolute atomic E-state index is 10.6. The van der Waals surface area contributed by atoms with Crippen molar-refractivity contribution in [2.24, 2.45) is 11.5 Å². The van der Waals surface area contributed by atoms with Crippen molar-refractivity contribution in [1.29, 1.82) is 0 Å². The van der Waals surface area contributed by atoms with Gasteiger partial charge in [-0.3, -0.25) is 4.79 Å². The Bertz CT molecular complexity index is 300. The number of carbonyl (C=O) groups excluding carboxylic acids is 1. The van der Waals surface area contributed by atoms with E-state index in [-0.39, 0.29) is 6.42 Å². The molecular weight excluding hydrogens is 190 g/mol. The molecule has 6 heteroatoms. The van der Waals surface area contributed by atoms with E-state index in [1.165, 1.54) is 18.6 Å². The number of aromatic nitrogens is 1. The van der Waals surface area contributed by atoms with Gasteiger partial charge in [-0.15, -0.1) is 0 Å². The van der Waals surface area contributed by atoms with Crippen molar-refractivity contribution < 1.29 is 9.53 Å². The standard InChI is InChI=1S/C7H11N3O2S/c1-12-7-4(3-13-10-7)5(8)2-6(9)11/h3,5H,2,8H2,1H3,(H2,9,11). The number of hydrogen-bond acceptors (Lipinski definition) is 5. The van der Waals surface area contributed by atoms with E-state index >= 15 is 0 Å². The Morgan fingerprint density at radius 2 is 2.54 bits per heavy atom. The normalized spacial score (nSPS) is 12.5. The molecule has 5 nitrogen and oxygen atoms in total. The van der Waals surface area contributed by atoms with Crippen LogP contribution in [0.2, 0.25) is 0 Å². The van der Waals surface area contributed by atoms with Crippen LogP contribution < -0.4 is 16.2 Å². The first-order valence-corrected chi connectivity index (χ1v) is 4.51. The van der Waals surface area contributed by atoms with Crippen LogP contribution in [0.5, 0.6) is 5.88 Å². The third kappa shape index (κ3) is 2.40. The van der Waals surface area contributed by atoms with Gasteiger partial charge in [0.2, 0.25) is 11.8 Å². The molecule has 0 radical (unpaired) electrons. The first-order valence-electron chi connectivity index (χ1n) is 3.67. The van der Waals surface area contributed by atoms with E-state index in [1.807, 2.05) is 0 Å². The fourth-order valence-electron chi connectivity index (χ4n) is 0.962. The summed E-state index contributed by atoms with van der Waals surface area (Å²) in [5, 5.41) is 1.76. The number of nitrogens with zero attached hydrogens (tertiary/aromatic N) is 1. The average Bonchev–Trinajstić information content (AvgIpc) is 2.49. The first-order chi connectivity index (χ1) is 6.15. The number of rotatable bonds is 4. The number of nitrogens with two attached hydrogens (primary N) is 2. The molecule has 1 unspecified atom stereocenters. The molecule has 0 aliphatic carbocycles. The minimum absolute atomic E-state index is 0.106. The van der Waals surface area contributed by atoms with Crippen molar-refractivity contribution in [3.05, 3.63) is 10.9 Å². The quantitative estimate of drug-likeness (QED) is 0.718. The van der Waals surface area contributed by atoms with Crippen LogP contribution in [0, 0.1) is 0 Å². The molecule has 0 saturated heterocycles. The zero-order chi connectivity index (χ0) is 9.84. The van der Waals surface area contributed by atoms with Crippen LogP contribution in [0.4, 0.5) is 0 Å². The molecule has 0 aromatic carbocycles. The summed E-state index contributed by atoms with van der Waals surface area (Å²) in [5.74, 6) is 0.0412. The second kappa shape index (κ2) is 4.20. The SMILES string of the molecule is COc1nscc1C(N)CC(N)=O. The summed E-state index contributed by atoms with van der Waals surface area (Å²) in [4.78, 5) is 10.6. The van der Waals surface area contributed by atoms with Gasteiger partial charge in [-0.25, -0.2) is 0 Å². The summed E-state index contributed by atoms with van der Waals surface area (Å²) in [6.07, 6.45) is 0.106. The Balaban J connectivity index is 2.75. The van der Waals surface area contributed by atoms with Gasteiger partial charge in [0.1, 0.15) is 0 Å². The predicted molar refractivity (Wildman–Crippen MR) is 49.4 cm³/mol. The zero-order valence-electron chi connectivity index (χ0n) is 7.19. The van der Waals surface area contributed by atoms with Gasteiger partial charge in [-0.05, 0) is 11.5 Å². The summed E-state index contributed by atoms with van der Waals surface area (Å²) in [6.45, 7) is 0. The second-order valence-electron chi connectivity index (χ2n) is 2.56.